The van der Waals surface area contributed by atoms with Crippen LogP contribution in [-0.2, 0) is 0 Å². The van der Waals surface area contributed by atoms with E-state index in [2.05, 4.69) is 28.2 Å². The number of nitrogens with zero attached hydrogens (tertiary/aromatic N) is 1. The van der Waals surface area contributed by atoms with Gasteiger partial charge in [0.25, 0.3) is 0 Å². The van der Waals surface area contributed by atoms with E-state index in [4.69, 9.17) is 0 Å². The number of hydrogen-bond donors (Lipinski definition) is 2. The SMILES string of the molecule is Oc1cccc(-c2c[nH]c3ncc(-c4ccccc4)cc23)c1. The fourth-order valence-corrected chi connectivity index (χ4v) is 2.70. The Bertz CT molecular complexity index is 942. The molecule has 4 aromatic rings. The number of phenols is 1. The van der Waals surface area contributed by atoms with Gasteiger partial charge in [0.15, 0.2) is 0 Å². The Morgan fingerprint density at radius 1 is 0.818 bits per heavy atom. The lowest BCUT2D eigenvalue weighted by atomic mass is 10.0. The normalized spacial score (nSPS) is 10.9. The van der Waals surface area contributed by atoms with E-state index in [0.717, 1.165) is 33.3 Å². The highest BCUT2D eigenvalue weighted by Gasteiger charge is 2.09. The summed E-state index contributed by atoms with van der Waals surface area (Å²) in [7, 11) is 0. The zero-order valence-corrected chi connectivity index (χ0v) is 11.8. The van der Waals surface area contributed by atoms with Gasteiger partial charge in [-0.05, 0) is 29.3 Å². The first-order valence-corrected chi connectivity index (χ1v) is 7.13. The molecule has 2 heterocycles. The fraction of sp³-hybridized carbons (Fsp3) is 0. The van der Waals surface area contributed by atoms with Gasteiger partial charge in [0.05, 0.1) is 0 Å². The van der Waals surface area contributed by atoms with Gasteiger partial charge in [-0.1, -0.05) is 42.5 Å². The molecule has 0 saturated carbocycles. The van der Waals surface area contributed by atoms with Crippen molar-refractivity contribution in [3.8, 4) is 28.0 Å². The van der Waals surface area contributed by atoms with Crippen LogP contribution in [0.15, 0.2) is 73.1 Å². The Kier molecular flexibility index (Phi) is 2.90. The van der Waals surface area contributed by atoms with Crippen molar-refractivity contribution in [2.75, 3.05) is 0 Å². The third-order valence-corrected chi connectivity index (χ3v) is 3.80. The minimum Gasteiger partial charge on any atom is -0.508 e. The van der Waals surface area contributed by atoms with Crippen LogP contribution < -0.4 is 0 Å². The van der Waals surface area contributed by atoms with Crippen LogP contribution in [-0.4, -0.2) is 15.1 Å². The maximum atomic E-state index is 9.69. The van der Waals surface area contributed by atoms with E-state index in [9.17, 15) is 5.11 Å². The zero-order chi connectivity index (χ0) is 14.9. The van der Waals surface area contributed by atoms with Crippen LogP contribution in [0.3, 0.4) is 0 Å². The summed E-state index contributed by atoms with van der Waals surface area (Å²) in [6, 6.07) is 19.6. The van der Waals surface area contributed by atoms with E-state index in [1.54, 1.807) is 12.1 Å². The van der Waals surface area contributed by atoms with Crippen molar-refractivity contribution < 1.29 is 5.11 Å². The minimum atomic E-state index is 0.263. The van der Waals surface area contributed by atoms with Crippen LogP contribution in [0.2, 0.25) is 0 Å². The number of hydrogen-bond acceptors (Lipinski definition) is 2. The molecule has 0 aliphatic rings. The van der Waals surface area contributed by atoms with Gasteiger partial charge in [0.1, 0.15) is 11.4 Å². The van der Waals surface area contributed by atoms with Crippen LogP contribution in [0.25, 0.3) is 33.3 Å². The molecule has 3 heteroatoms. The van der Waals surface area contributed by atoms with Gasteiger partial charge in [0, 0.05) is 28.9 Å². The lowest BCUT2D eigenvalue weighted by molar-refractivity contribution is 0.475. The number of aromatic nitrogens is 2. The van der Waals surface area contributed by atoms with Crippen LogP contribution in [0.1, 0.15) is 0 Å². The monoisotopic (exact) mass is 286 g/mol. The molecule has 0 amide bonds. The standard InChI is InChI=1S/C19H14N2O/c22-16-8-4-7-14(9-16)18-12-21-19-17(18)10-15(11-20-19)13-5-2-1-3-6-13/h1-12,22H,(H,20,21). The molecule has 2 aromatic carbocycles. The first kappa shape index (κ1) is 12.7. The van der Waals surface area contributed by atoms with Crippen molar-refractivity contribution in [1.82, 2.24) is 9.97 Å². The second-order valence-corrected chi connectivity index (χ2v) is 5.24. The molecule has 2 aromatic heterocycles. The lowest BCUT2D eigenvalue weighted by Gasteiger charge is -2.03. The predicted molar refractivity (Wildman–Crippen MR) is 88.6 cm³/mol. The van der Waals surface area contributed by atoms with Crippen molar-refractivity contribution in [2.45, 2.75) is 0 Å². The average molecular weight is 286 g/mol. The molecule has 4 rings (SSSR count). The molecular weight excluding hydrogens is 272 g/mol. The Hall–Kier alpha value is -3.07. The molecule has 106 valence electrons. The molecule has 0 aliphatic carbocycles. The Morgan fingerprint density at radius 2 is 1.64 bits per heavy atom. The second-order valence-electron chi connectivity index (χ2n) is 5.24. The zero-order valence-electron chi connectivity index (χ0n) is 11.8. The quantitative estimate of drug-likeness (QED) is 0.565. The molecule has 3 nitrogen and oxygen atoms in total. The van der Waals surface area contributed by atoms with Crippen LogP contribution in [0, 0.1) is 0 Å². The Labute approximate surface area is 127 Å². The van der Waals surface area contributed by atoms with Crippen molar-refractivity contribution in [1.29, 1.82) is 0 Å². The van der Waals surface area contributed by atoms with Gasteiger partial charge in [-0.3, -0.25) is 0 Å². The minimum absolute atomic E-state index is 0.263. The number of benzene rings is 2. The molecule has 22 heavy (non-hydrogen) atoms. The van der Waals surface area contributed by atoms with Crippen molar-refractivity contribution in [2.24, 2.45) is 0 Å². The molecule has 2 N–H and O–H groups in total. The van der Waals surface area contributed by atoms with Crippen LogP contribution in [0.4, 0.5) is 0 Å². The summed E-state index contributed by atoms with van der Waals surface area (Å²) in [4.78, 5) is 7.70. The molecule has 0 aliphatic heterocycles. The summed E-state index contributed by atoms with van der Waals surface area (Å²) in [5.74, 6) is 0.263. The number of H-pyrrole nitrogens is 1. The summed E-state index contributed by atoms with van der Waals surface area (Å²) in [6.07, 6.45) is 3.81. The summed E-state index contributed by atoms with van der Waals surface area (Å²) in [5, 5.41) is 10.7. The highest BCUT2D eigenvalue weighted by atomic mass is 16.3. The molecule has 0 saturated heterocycles. The first-order valence-electron chi connectivity index (χ1n) is 7.13. The summed E-state index contributed by atoms with van der Waals surface area (Å²) >= 11 is 0. The molecule has 0 unspecified atom stereocenters. The summed E-state index contributed by atoms with van der Waals surface area (Å²) < 4.78 is 0. The van der Waals surface area contributed by atoms with E-state index >= 15 is 0 Å². The largest absolute Gasteiger partial charge is 0.508 e. The van der Waals surface area contributed by atoms with E-state index < -0.39 is 0 Å². The van der Waals surface area contributed by atoms with E-state index in [-0.39, 0.29) is 5.75 Å². The smallest absolute Gasteiger partial charge is 0.137 e. The van der Waals surface area contributed by atoms with Crippen molar-refractivity contribution in [3.63, 3.8) is 0 Å². The second kappa shape index (κ2) is 5.04. The van der Waals surface area contributed by atoms with Gasteiger partial charge in [0.2, 0.25) is 0 Å². The highest BCUT2D eigenvalue weighted by Crippen LogP contribution is 2.32. The number of phenolic OH excluding ortho intramolecular Hbond substituents is 1. The fourth-order valence-electron chi connectivity index (χ4n) is 2.70. The van der Waals surface area contributed by atoms with E-state index in [1.165, 1.54) is 0 Å². The number of rotatable bonds is 2. The molecular formula is C19H14N2O. The van der Waals surface area contributed by atoms with Crippen molar-refractivity contribution in [3.05, 3.63) is 73.1 Å². The maximum absolute atomic E-state index is 9.69. The average Bonchev–Trinajstić information content (AvgIpc) is 2.99. The lowest BCUT2D eigenvalue weighted by Crippen LogP contribution is -1.82. The number of pyridine rings is 1. The molecule has 0 radical (unpaired) electrons. The van der Waals surface area contributed by atoms with E-state index in [0.29, 0.717) is 0 Å². The van der Waals surface area contributed by atoms with Gasteiger partial charge in [-0.2, -0.15) is 0 Å². The van der Waals surface area contributed by atoms with Gasteiger partial charge in [-0.15, -0.1) is 0 Å². The molecule has 0 bridgehead atoms. The van der Waals surface area contributed by atoms with E-state index in [1.807, 2.05) is 42.7 Å². The first-order chi connectivity index (χ1) is 10.8. The number of nitrogens with one attached hydrogen (secondary N) is 1. The number of aromatic amines is 1. The summed E-state index contributed by atoms with van der Waals surface area (Å²) in [6.45, 7) is 0. The Morgan fingerprint density at radius 3 is 2.45 bits per heavy atom. The number of aromatic hydroxyl groups is 1. The van der Waals surface area contributed by atoms with Gasteiger partial charge < -0.3 is 10.1 Å². The molecule has 0 spiro atoms. The van der Waals surface area contributed by atoms with Gasteiger partial charge in [-0.25, -0.2) is 4.98 Å². The van der Waals surface area contributed by atoms with Gasteiger partial charge >= 0.3 is 0 Å². The Balaban J connectivity index is 1.91. The van der Waals surface area contributed by atoms with Crippen molar-refractivity contribution >= 4 is 11.0 Å². The highest BCUT2D eigenvalue weighted by molar-refractivity contribution is 5.95. The summed E-state index contributed by atoms with van der Waals surface area (Å²) in [5.41, 5.74) is 5.07. The number of fused-ring (bicyclic) bond motifs is 1. The predicted octanol–water partition coefficient (Wildman–Crippen LogP) is 4.60. The van der Waals surface area contributed by atoms with Crippen LogP contribution >= 0.6 is 0 Å². The maximum Gasteiger partial charge on any atom is 0.137 e. The topological polar surface area (TPSA) is 48.9 Å². The third kappa shape index (κ3) is 2.13. The van der Waals surface area contributed by atoms with Crippen LogP contribution in [0.5, 0.6) is 5.75 Å². The molecule has 0 fully saturated rings. The molecule has 0 atom stereocenters. The third-order valence-electron chi connectivity index (χ3n) is 3.80.